The summed E-state index contributed by atoms with van der Waals surface area (Å²) in [6.45, 7) is 6.01. The van der Waals surface area contributed by atoms with E-state index in [0.717, 1.165) is 41.7 Å². The molecule has 2 fully saturated rings. The number of ether oxygens (including phenoxy) is 1. The van der Waals surface area contributed by atoms with Gasteiger partial charge in [-0.2, -0.15) is 0 Å². The van der Waals surface area contributed by atoms with Gasteiger partial charge in [0.1, 0.15) is 0 Å². The predicted octanol–water partition coefficient (Wildman–Crippen LogP) is 3.06. The fourth-order valence-corrected chi connectivity index (χ4v) is 5.10. The van der Waals surface area contributed by atoms with Gasteiger partial charge < -0.3 is 9.64 Å². The number of hydrogen-bond donors (Lipinski definition) is 0. The smallest absolute Gasteiger partial charge is 0.186 e. The minimum atomic E-state index is 0.0519. The number of anilines is 1. The highest BCUT2D eigenvalue weighted by Gasteiger charge is 2.39. The average Bonchev–Trinajstić information content (AvgIpc) is 3.02. The number of carbonyl (C=O) groups excluding carboxylic acids is 1. The van der Waals surface area contributed by atoms with Crippen LogP contribution in [0, 0.1) is 5.41 Å². The van der Waals surface area contributed by atoms with Crippen LogP contribution in [0.15, 0.2) is 0 Å². The van der Waals surface area contributed by atoms with Gasteiger partial charge >= 0.3 is 0 Å². The third-order valence-electron chi connectivity index (χ3n) is 4.95. The molecule has 2 aliphatic carbocycles. The second-order valence-electron chi connectivity index (χ2n) is 7.31. The van der Waals surface area contributed by atoms with E-state index >= 15 is 0 Å². The van der Waals surface area contributed by atoms with Crippen LogP contribution in [0.4, 0.5) is 5.13 Å². The molecule has 0 radical (unpaired) electrons. The molecule has 5 heteroatoms. The van der Waals surface area contributed by atoms with Crippen molar-refractivity contribution in [2.24, 2.45) is 5.41 Å². The SMILES string of the molecule is CC1(C)CC(=O)c2sc(N3CCOC4CCCC43)nc2C1. The van der Waals surface area contributed by atoms with Crippen molar-refractivity contribution in [1.29, 1.82) is 0 Å². The van der Waals surface area contributed by atoms with E-state index in [1.54, 1.807) is 11.3 Å². The molecule has 0 amide bonds. The summed E-state index contributed by atoms with van der Waals surface area (Å²) in [5.74, 6) is 0.279. The van der Waals surface area contributed by atoms with Crippen LogP contribution in [-0.4, -0.2) is 36.1 Å². The van der Waals surface area contributed by atoms with Gasteiger partial charge in [-0.05, 0) is 31.1 Å². The number of morpholine rings is 1. The molecule has 1 aromatic rings. The van der Waals surface area contributed by atoms with Crippen molar-refractivity contribution in [3.8, 4) is 0 Å². The first-order valence-electron chi connectivity index (χ1n) is 7.95. The van der Waals surface area contributed by atoms with Gasteiger partial charge in [-0.3, -0.25) is 4.79 Å². The van der Waals surface area contributed by atoms with Gasteiger partial charge in [0.25, 0.3) is 0 Å². The zero-order chi connectivity index (χ0) is 14.6. The summed E-state index contributed by atoms with van der Waals surface area (Å²) >= 11 is 1.61. The molecule has 4 nitrogen and oxygen atoms in total. The lowest BCUT2D eigenvalue weighted by atomic mass is 9.78. The second-order valence-corrected chi connectivity index (χ2v) is 8.29. The highest BCUT2D eigenvalue weighted by Crippen LogP contribution is 2.41. The normalized spacial score (nSPS) is 31.1. The average molecular weight is 306 g/mol. The van der Waals surface area contributed by atoms with E-state index in [1.807, 2.05) is 0 Å². The maximum Gasteiger partial charge on any atom is 0.186 e. The summed E-state index contributed by atoms with van der Waals surface area (Å²) in [7, 11) is 0. The molecule has 0 bridgehead atoms. The molecule has 0 N–H and O–H groups in total. The quantitative estimate of drug-likeness (QED) is 0.800. The van der Waals surface area contributed by atoms with Gasteiger partial charge in [0.2, 0.25) is 0 Å². The lowest BCUT2D eigenvalue weighted by molar-refractivity contribution is 0.0256. The Labute approximate surface area is 129 Å². The van der Waals surface area contributed by atoms with Crippen molar-refractivity contribution in [3.63, 3.8) is 0 Å². The molecule has 114 valence electrons. The monoisotopic (exact) mass is 306 g/mol. The van der Waals surface area contributed by atoms with E-state index in [4.69, 9.17) is 9.72 Å². The molecule has 1 saturated heterocycles. The number of nitrogens with zero attached hydrogens (tertiary/aromatic N) is 2. The van der Waals surface area contributed by atoms with Crippen LogP contribution in [0.2, 0.25) is 0 Å². The Kier molecular flexibility index (Phi) is 3.12. The summed E-state index contributed by atoms with van der Waals surface area (Å²) in [6, 6.07) is 0.467. The Bertz CT molecular complexity index is 581. The molecule has 1 aliphatic heterocycles. The minimum Gasteiger partial charge on any atom is -0.374 e. The molecule has 1 saturated carbocycles. The van der Waals surface area contributed by atoms with Crippen molar-refractivity contribution < 1.29 is 9.53 Å². The van der Waals surface area contributed by atoms with Crippen LogP contribution in [0.3, 0.4) is 0 Å². The lowest BCUT2D eigenvalue weighted by Crippen LogP contribution is -2.48. The highest BCUT2D eigenvalue weighted by molar-refractivity contribution is 7.17. The Balaban J connectivity index is 1.66. The van der Waals surface area contributed by atoms with Crippen LogP contribution in [0.5, 0.6) is 0 Å². The second kappa shape index (κ2) is 4.78. The van der Waals surface area contributed by atoms with Crippen LogP contribution >= 0.6 is 11.3 Å². The molecular weight excluding hydrogens is 284 g/mol. The maximum atomic E-state index is 12.4. The largest absolute Gasteiger partial charge is 0.374 e. The van der Waals surface area contributed by atoms with E-state index < -0.39 is 0 Å². The van der Waals surface area contributed by atoms with Crippen LogP contribution in [0.1, 0.15) is 54.9 Å². The predicted molar refractivity (Wildman–Crippen MR) is 83.3 cm³/mol. The molecule has 2 unspecified atom stereocenters. The van der Waals surface area contributed by atoms with Crippen molar-refractivity contribution in [2.75, 3.05) is 18.1 Å². The molecule has 1 aromatic heterocycles. The topological polar surface area (TPSA) is 42.4 Å². The highest BCUT2D eigenvalue weighted by atomic mass is 32.1. The standard InChI is InChI=1S/C16H22N2O2S/c1-16(2)8-10-14(12(19)9-16)21-15(17-10)18-6-7-20-13-5-3-4-11(13)18/h11,13H,3-9H2,1-2H3. The Morgan fingerprint density at radius 3 is 3.05 bits per heavy atom. The van der Waals surface area contributed by atoms with Crippen molar-refractivity contribution in [1.82, 2.24) is 4.98 Å². The molecule has 21 heavy (non-hydrogen) atoms. The number of hydrogen-bond acceptors (Lipinski definition) is 5. The number of Topliss-reactive ketones (excluding diaryl/α,β-unsaturated/α-hetero) is 1. The fourth-order valence-electron chi connectivity index (χ4n) is 3.99. The van der Waals surface area contributed by atoms with Crippen LogP contribution < -0.4 is 4.90 Å². The zero-order valence-electron chi connectivity index (χ0n) is 12.7. The number of ketones is 1. The summed E-state index contributed by atoms with van der Waals surface area (Å²) in [4.78, 5) is 20.5. The summed E-state index contributed by atoms with van der Waals surface area (Å²) in [6.07, 6.45) is 5.53. The first-order chi connectivity index (χ1) is 10.0. The zero-order valence-corrected chi connectivity index (χ0v) is 13.5. The molecule has 0 aromatic carbocycles. The molecule has 4 rings (SSSR count). The summed E-state index contributed by atoms with van der Waals surface area (Å²) in [5.41, 5.74) is 1.08. The number of aromatic nitrogens is 1. The van der Waals surface area contributed by atoms with Gasteiger partial charge in [0, 0.05) is 13.0 Å². The van der Waals surface area contributed by atoms with Crippen molar-refractivity contribution in [2.45, 2.75) is 58.1 Å². The van der Waals surface area contributed by atoms with Gasteiger partial charge in [-0.15, -0.1) is 0 Å². The molecule has 2 heterocycles. The Morgan fingerprint density at radius 1 is 1.33 bits per heavy atom. The van der Waals surface area contributed by atoms with Crippen LogP contribution in [0.25, 0.3) is 0 Å². The van der Waals surface area contributed by atoms with E-state index in [2.05, 4.69) is 18.7 Å². The summed E-state index contributed by atoms with van der Waals surface area (Å²) < 4.78 is 5.88. The number of fused-ring (bicyclic) bond motifs is 2. The molecule has 0 spiro atoms. The number of thiazole rings is 1. The van der Waals surface area contributed by atoms with E-state index in [1.165, 1.54) is 12.8 Å². The van der Waals surface area contributed by atoms with E-state index in [-0.39, 0.29) is 11.2 Å². The van der Waals surface area contributed by atoms with Crippen LogP contribution in [-0.2, 0) is 11.2 Å². The summed E-state index contributed by atoms with van der Waals surface area (Å²) in [5, 5.41) is 1.05. The van der Waals surface area contributed by atoms with E-state index in [0.29, 0.717) is 18.6 Å². The molecular formula is C16H22N2O2S. The van der Waals surface area contributed by atoms with Gasteiger partial charge in [-0.1, -0.05) is 25.2 Å². The third-order valence-corrected chi connectivity index (χ3v) is 6.13. The first kappa shape index (κ1) is 13.7. The minimum absolute atomic E-state index is 0.0519. The number of rotatable bonds is 1. The van der Waals surface area contributed by atoms with Gasteiger partial charge in [-0.25, -0.2) is 4.98 Å². The molecule has 3 aliphatic rings. The molecule has 2 atom stereocenters. The van der Waals surface area contributed by atoms with Crippen molar-refractivity contribution >= 4 is 22.3 Å². The Morgan fingerprint density at radius 2 is 2.19 bits per heavy atom. The maximum absolute atomic E-state index is 12.4. The van der Waals surface area contributed by atoms with E-state index in [9.17, 15) is 4.79 Å². The Hall–Kier alpha value is -0.940. The van der Waals surface area contributed by atoms with Crippen molar-refractivity contribution in [3.05, 3.63) is 10.6 Å². The lowest BCUT2D eigenvalue weighted by Gasteiger charge is -2.37. The first-order valence-corrected chi connectivity index (χ1v) is 8.76. The number of carbonyl (C=O) groups is 1. The van der Waals surface area contributed by atoms with Gasteiger partial charge in [0.15, 0.2) is 10.9 Å². The fraction of sp³-hybridized carbons (Fsp3) is 0.750. The third kappa shape index (κ3) is 2.30. The van der Waals surface area contributed by atoms with Gasteiger partial charge in [0.05, 0.1) is 29.3 Å².